The zero-order valence-electron chi connectivity index (χ0n) is 16.4. The van der Waals surface area contributed by atoms with E-state index >= 15 is 0 Å². The number of carbonyl (C=O) groups excluding carboxylic acids is 1. The monoisotopic (exact) mass is 424 g/mol. The fourth-order valence-corrected chi connectivity index (χ4v) is 4.14. The predicted molar refractivity (Wildman–Crippen MR) is 111 cm³/mol. The molecule has 2 aromatic rings. The largest absolute Gasteiger partial charge is 0.494 e. The first-order valence-electron chi connectivity index (χ1n) is 9.41. The van der Waals surface area contributed by atoms with Crippen molar-refractivity contribution in [3.63, 3.8) is 0 Å². The van der Waals surface area contributed by atoms with Crippen LogP contribution in [0.15, 0.2) is 18.2 Å². The first-order chi connectivity index (χ1) is 13.5. The lowest BCUT2D eigenvalue weighted by Gasteiger charge is -2.21. The summed E-state index contributed by atoms with van der Waals surface area (Å²) in [6.45, 7) is 5.70. The minimum absolute atomic E-state index is 0.0828. The van der Waals surface area contributed by atoms with Crippen LogP contribution in [0.2, 0.25) is 0 Å². The Morgan fingerprint density at radius 1 is 1.43 bits per heavy atom. The lowest BCUT2D eigenvalue weighted by atomic mass is 10.2. The molecule has 1 aliphatic rings. The summed E-state index contributed by atoms with van der Waals surface area (Å²) >= 11 is 6.85. The maximum absolute atomic E-state index is 14.0. The van der Waals surface area contributed by atoms with Gasteiger partial charge in [-0.15, -0.1) is 5.10 Å². The molecule has 1 saturated carbocycles. The van der Waals surface area contributed by atoms with E-state index in [9.17, 15) is 9.18 Å². The van der Waals surface area contributed by atoms with Crippen LogP contribution in [0.25, 0.3) is 0 Å². The van der Waals surface area contributed by atoms with Crippen molar-refractivity contribution in [3.8, 4) is 5.75 Å². The van der Waals surface area contributed by atoms with Gasteiger partial charge in [-0.25, -0.2) is 9.07 Å². The molecule has 6 nitrogen and oxygen atoms in total. The van der Waals surface area contributed by atoms with Crippen LogP contribution in [0.4, 0.5) is 9.52 Å². The van der Waals surface area contributed by atoms with Gasteiger partial charge in [0.15, 0.2) is 15.5 Å². The summed E-state index contributed by atoms with van der Waals surface area (Å²) in [5.41, 5.74) is 0.850. The van der Waals surface area contributed by atoms with Crippen LogP contribution >= 0.6 is 23.6 Å². The van der Waals surface area contributed by atoms with E-state index in [1.54, 1.807) is 15.6 Å². The quantitative estimate of drug-likeness (QED) is 0.565. The van der Waals surface area contributed by atoms with Gasteiger partial charge < -0.3 is 4.74 Å². The number of anilines is 1. The van der Waals surface area contributed by atoms with Gasteiger partial charge in [-0.2, -0.15) is 0 Å². The van der Waals surface area contributed by atoms with Crippen molar-refractivity contribution in [1.82, 2.24) is 14.7 Å². The van der Waals surface area contributed by atoms with Gasteiger partial charge in [0.05, 0.1) is 13.8 Å². The zero-order valence-corrected chi connectivity index (χ0v) is 18.0. The second kappa shape index (κ2) is 9.11. The normalized spacial score (nSPS) is 13.8. The van der Waals surface area contributed by atoms with E-state index in [0.717, 1.165) is 24.9 Å². The Morgan fingerprint density at radius 3 is 2.75 bits per heavy atom. The molecule has 1 fully saturated rings. The Balaban J connectivity index is 1.74. The Bertz CT molecular complexity index is 894. The number of halogens is 1. The molecule has 0 saturated heterocycles. The molecule has 1 amide bonds. The molecule has 3 rings (SSSR count). The van der Waals surface area contributed by atoms with Crippen LogP contribution in [0.1, 0.15) is 38.7 Å². The van der Waals surface area contributed by atoms with E-state index in [-0.39, 0.29) is 23.5 Å². The third-order valence-electron chi connectivity index (χ3n) is 4.69. The molecule has 1 aromatic heterocycles. The van der Waals surface area contributed by atoms with Gasteiger partial charge in [0, 0.05) is 19.0 Å². The highest BCUT2D eigenvalue weighted by Crippen LogP contribution is 2.34. The molecule has 0 unspecified atom stereocenters. The van der Waals surface area contributed by atoms with Gasteiger partial charge in [-0.1, -0.05) is 31.3 Å². The number of aromatic nitrogens is 2. The molecular weight excluding hydrogens is 399 g/mol. The van der Waals surface area contributed by atoms with E-state index in [1.165, 1.54) is 24.5 Å². The number of hydrogen-bond acceptors (Lipinski definition) is 6. The summed E-state index contributed by atoms with van der Waals surface area (Å²) in [6.07, 6.45) is 2.48. The molecule has 1 aromatic carbocycles. The smallest absolute Gasteiger partial charge is 0.228 e. The number of amides is 1. The van der Waals surface area contributed by atoms with Gasteiger partial charge >= 0.3 is 0 Å². The summed E-state index contributed by atoms with van der Waals surface area (Å²) in [7, 11) is 1.45. The average Bonchev–Trinajstić information content (AvgIpc) is 3.45. The third kappa shape index (κ3) is 4.76. The highest BCUT2D eigenvalue weighted by molar-refractivity contribution is 7.73. The van der Waals surface area contributed by atoms with E-state index in [0.29, 0.717) is 28.7 Å². The molecule has 0 atom stereocenters. The van der Waals surface area contributed by atoms with Crippen LogP contribution in [0, 0.1) is 9.77 Å². The Morgan fingerprint density at radius 2 is 2.18 bits per heavy atom. The van der Waals surface area contributed by atoms with Gasteiger partial charge in [0.1, 0.15) is 0 Å². The third-order valence-corrected chi connectivity index (χ3v) is 6.00. The molecule has 0 aliphatic heterocycles. The Hall–Kier alpha value is -1.84. The van der Waals surface area contributed by atoms with Gasteiger partial charge in [0.2, 0.25) is 11.0 Å². The molecule has 0 spiro atoms. The van der Waals surface area contributed by atoms with E-state index in [4.69, 9.17) is 17.0 Å². The Labute approximate surface area is 173 Å². The molecule has 0 radical (unpaired) electrons. The predicted octanol–water partition coefficient (Wildman–Crippen LogP) is 4.21. The standard InChI is InChI=1S/C19H25FN4O2S2/c1-4-17(25)24(14-7-8-14)18-21-23(19(27)28-18)12-22(5-2)11-13-6-9-16(26-3)15(20)10-13/h6,9-10,14H,4-5,7-8,11-12H2,1-3H3. The topological polar surface area (TPSA) is 50.6 Å². The van der Waals surface area contributed by atoms with E-state index < -0.39 is 0 Å². The SMILES string of the molecule is CCC(=O)N(c1nn(CN(CC)Cc2ccc(OC)c(F)c2)c(=S)s1)C1CC1. The molecule has 152 valence electrons. The van der Waals surface area contributed by atoms with Crippen LogP contribution in [-0.2, 0) is 18.0 Å². The van der Waals surface area contributed by atoms with Crippen molar-refractivity contribution in [1.29, 1.82) is 0 Å². The second-order valence-corrected chi connectivity index (χ2v) is 8.36. The van der Waals surface area contributed by atoms with Crippen molar-refractivity contribution < 1.29 is 13.9 Å². The van der Waals surface area contributed by atoms with Crippen LogP contribution < -0.4 is 9.64 Å². The number of hydrogen-bond donors (Lipinski definition) is 0. The molecule has 28 heavy (non-hydrogen) atoms. The molecule has 1 aliphatic carbocycles. The fraction of sp³-hybridized carbons (Fsp3) is 0.526. The van der Waals surface area contributed by atoms with Gasteiger partial charge in [-0.3, -0.25) is 14.6 Å². The maximum Gasteiger partial charge on any atom is 0.228 e. The first kappa shape index (κ1) is 20.9. The lowest BCUT2D eigenvalue weighted by Crippen LogP contribution is -2.33. The van der Waals surface area contributed by atoms with Crippen molar-refractivity contribution in [2.24, 2.45) is 0 Å². The minimum atomic E-state index is -0.373. The molecule has 0 N–H and O–H groups in total. The number of benzene rings is 1. The lowest BCUT2D eigenvalue weighted by molar-refractivity contribution is -0.118. The fourth-order valence-electron chi connectivity index (χ4n) is 2.97. The Kier molecular flexibility index (Phi) is 6.79. The van der Waals surface area contributed by atoms with E-state index in [1.807, 2.05) is 19.9 Å². The van der Waals surface area contributed by atoms with Crippen molar-refractivity contribution in [3.05, 3.63) is 33.5 Å². The van der Waals surface area contributed by atoms with Gasteiger partial charge in [0.25, 0.3) is 0 Å². The second-order valence-electron chi connectivity index (χ2n) is 6.75. The highest BCUT2D eigenvalue weighted by Gasteiger charge is 2.35. The van der Waals surface area contributed by atoms with Crippen molar-refractivity contribution in [2.45, 2.75) is 52.4 Å². The van der Waals surface area contributed by atoms with Crippen molar-refractivity contribution in [2.75, 3.05) is 18.6 Å². The van der Waals surface area contributed by atoms with Gasteiger partial charge in [-0.05, 0) is 49.3 Å². The maximum atomic E-state index is 14.0. The van der Waals surface area contributed by atoms with Crippen LogP contribution in [-0.4, -0.2) is 40.3 Å². The number of rotatable bonds is 9. The number of carbonyl (C=O) groups is 1. The number of nitrogens with zero attached hydrogens (tertiary/aromatic N) is 4. The molecule has 1 heterocycles. The summed E-state index contributed by atoms with van der Waals surface area (Å²) < 4.78 is 21.3. The summed E-state index contributed by atoms with van der Waals surface area (Å²) in [6, 6.07) is 5.23. The summed E-state index contributed by atoms with van der Waals surface area (Å²) in [4.78, 5) is 16.2. The summed E-state index contributed by atoms with van der Waals surface area (Å²) in [5, 5.41) is 5.29. The van der Waals surface area contributed by atoms with Crippen molar-refractivity contribution >= 4 is 34.6 Å². The first-order valence-corrected chi connectivity index (χ1v) is 10.6. The molecule has 0 bridgehead atoms. The highest BCUT2D eigenvalue weighted by atomic mass is 32.1. The van der Waals surface area contributed by atoms with E-state index in [2.05, 4.69) is 10.00 Å². The molecule has 9 heteroatoms. The number of ether oxygens (including phenoxy) is 1. The molecular formula is C19H25FN4O2S2. The van der Waals surface area contributed by atoms with Crippen LogP contribution in [0.3, 0.4) is 0 Å². The van der Waals surface area contributed by atoms with Crippen LogP contribution in [0.5, 0.6) is 5.75 Å². The summed E-state index contributed by atoms with van der Waals surface area (Å²) in [5.74, 6) is -0.0554. The zero-order chi connectivity index (χ0) is 20.3. The number of methoxy groups -OCH3 is 1. The minimum Gasteiger partial charge on any atom is -0.494 e. The average molecular weight is 425 g/mol.